The SMILES string of the molecule is CCCn1c(CBr)nnc1COC. The first-order chi connectivity index (χ1) is 6.33. The summed E-state index contributed by atoms with van der Waals surface area (Å²) in [5.74, 6) is 1.87. The lowest BCUT2D eigenvalue weighted by molar-refractivity contribution is 0.173. The summed E-state index contributed by atoms with van der Waals surface area (Å²) in [5.41, 5.74) is 0. The number of aromatic nitrogens is 3. The molecule has 0 atom stereocenters. The van der Waals surface area contributed by atoms with E-state index in [1.165, 1.54) is 0 Å². The largest absolute Gasteiger partial charge is 0.377 e. The molecular formula is C8H14BrN3O. The van der Waals surface area contributed by atoms with E-state index >= 15 is 0 Å². The minimum atomic E-state index is 0.528. The highest BCUT2D eigenvalue weighted by Gasteiger charge is 2.09. The molecule has 0 saturated carbocycles. The van der Waals surface area contributed by atoms with Gasteiger partial charge in [-0.25, -0.2) is 0 Å². The second-order valence-corrected chi connectivity index (χ2v) is 3.31. The van der Waals surface area contributed by atoms with Crippen LogP contribution in [0.5, 0.6) is 0 Å². The summed E-state index contributed by atoms with van der Waals surface area (Å²) >= 11 is 3.38. The van der Waals surface area contributed by atoms with E-state index in [1.807, 2.05) is 0 Å². The molecular weight excluding hydrogens is 234 g/mol. The second-order valence-electron chi connectivity index (χ2n) is 2.75. The Hall–Kier alpha value is -0.420. The molecule has 0 aliphatic rings. The third-order valence-electron chi connectivity index (χ3n) is 1.74. The number of halogens is 1. The van der Waals surface area contributed by atoms with Crippen molar-refractivity contribution in [2.45, 2.75) is 31.8 Å². The average molecular weight is 248 g/mol. The zero-order valence-corrected chi connectivity index (χ0v) is 9.54. The van der Waals surface area contributed by atoms with Crippen LogP contribution in [0.15, 0.2) is 0 Å². The zero-order chi connectivity index (χ0) is 9.68. The number of ether oxygens (including phenoxy) is 1. The molecule has 0 aliphatic heterocycles. The molecule has 74 valence electrons. The fraction of sp³-hybridized carbons (Fsp3) is 0.750. The topological polar surface area (TPSA) is 39.9 Å². The van der Waals surface area contributed by atoms with Crippen LogP contribution in [0.4, 0.5) is 0 Å². The molecule has 0 aromatic carbocycles. The molecule has 1 aromatic rings. The molecule has 0 radical (unpaired) electrons. The summed E-state index contributed by atoms with van der Waals surface area (Å²) in [7, 11) is 1.67. The smallest absolute Gasteiger partial charge is 0.159 e. The first kappa shape index (κ1) is 10.7. The molecule has 0 bridgehead atoms. The van der Waals surface area contributed by atoms with Gasteiger partial charge in [-0.2, -0.15) is 0 Å². The molecule has 0 aliphatic carbocycles. The quantitative estimate of drug-likeness (QED) is 0.745. The first-order valence-electron chi connectivity index (χ1n) is 4.29. The molecule has 0 unspecified atom stereocenters. The van der Waals surface area contributed by atoms with Crippen LogP contribution >= 0.6 is 15.9 Å². The third-order valence-corrected chi connectivity index (χ3v) is 2.25. The van der Waals surface area contributed by atoms with E-state index in [0.29, 0.717) is 6.61 Å². The number of alkyl halides is 1. The minimum absolute atomic E-state index is 0.528. The Morgan fingerprint density at radius 3 is 2.62 bits per heavy atom. The summed E-state index contributed by atoms with van der Waals surface area (Å²) in [4.78, 5) is 0. The van der Waals surface area contributed by atoms with E-state index in [2.05, 4.69) is 37.6 Å². The van der Waals surface area contributed by atoms with Gasteiger partial charge in [0.05, 0.1) is 5.33 Å². The number of nitrogens with zero attached hydrogens (tertiary/aromatic N) is 3. The van der Waals surface area contributed by atoms with Crippen molar-refractivity contribution in [1.29, 1.82) is 0 Å². The maximum absolute atomic E-state index is 5.03. The summed E-state index contributed by atoms with van der Waals surface area (Å²) in [6.07, 6.45) is 1.08. The van der Waals surface area contributed by atoms with Gasteiger partial charge < -0.3 is 9.30 Å². The van der Waals surface area contributed by atoms with Crippen LogP contribution in [-0.2, 0) is 23.2 Å². The van der Waals surface area contributed by atoms with Crippen molar-refractivity contribution in [2.24, 2.45) is 0 Å². The zero-order valence-electron chi connectivity index (χ0n) is 7.96. The van der Waals surface area contributed by atoms with Gasteiger partial charge in [0.2, 0.25) is 0 Å². The molecule has 1 heterocycles. The molecule has 0 saturated heterocycles. The predicted octanol–water partition coefficient (Wildman–Crippen LogP) is 1.73. The molecule has 1 aromatic heterocycles. The Balaban J connectivity index is 2.85. The van der Waals surface area contributed by atoms with Crippen molar-refractivity contribution in [3.63, 3.8) is 0 Å². The standard InChI is InChI=1S/C8H14BrN3O/c1-3-4-12-7(5-9)10-11-8(12)6-13-2/h3-6H2,1-2H3. The lowest BCUT2D eigenvalue weighted by Crippen LogP contribution is -2.07. The van der Waals surface area contributed by atoms with Crippen molar-refractivity contribution in [3.05, 3.63) is 11.6 Å². The van der Waals surface area contributed by atoms with E-state index < -0.39 is 0 Å². The molecule has 0 N–H and O–H groups in total. The van der Waals surface area contributed by atoms with Crippen LogP contribution in [0.1, 0.15) is 25.0 Å². The number of hydrogen-bond donors (Lipinski definition) is 0. The highest BCUT2D eigenvalue weighted by molar-refractivity contribution is 9.08. The predicted molar refractivity (Wildman–Crippen MR) is 53.7 cm³/mol. The Labute approximate surface area is 86.4 Å². The van der Waals surface area contributed by atoms with Crippen molar-refractivity contribution in [2.75, 3.05) is 7.11 Å². The van der Waals surface area contributed by atoms with Crippen LogP contribution in [-0.4, -0.2) is 21.9 Å². The molecule has 4 nitrogen and oxygen atoms in total. The van der Waals surface area contributed by atoms with Crippen LogP contribution in [0.2, 0.25) is 0 Å². The maximum Gasteiger partial charge on any atom is 0.159 e. The van der Waals surface area contributed by atoms with Crippen molar-refractivity contribution < 1.29 is 4.74 Å². The summed E-state index contributed by atoms with van der Waals surface area (Å²) < 4.78 is 7.13. The normalized spacial score (nSPS) is 10.7. The summed E-state index contributed by atoms with van der Waals surface area (Å²) in [6.45, 7) is 3.61. The fourth-order valence-electron chi connectivity index (χ4n) is 1.19. The van der Waals surface area contributed by atoms with Gasteiger partial charge in [-0.15, -0.1) is 10.2 Å². The van der Waals surface area contributed by atoms with Crippen LogP contribution < -0.4 is 0 Å². The Bertz CT molecular complexity index is 262. The number of rotatable bonds is 5. The molecule has 1 rings (SSSR count). The first-order valence-corrected chi connectivity index (χ1v) is 5.41. The average Bonchev–Trinajstić information content (AvgIpc) is 2.50. The monoisotopic (exact) mass is 247 g/mol. The van der Waals surface area contributed by atoms with Crippen LogP contribution in [0.25, 0.3) is 0 Å². The minimum Gasteiger partial charge on any atom is -0.377 e. The van der Waals surface area contributed by atoms with E-state index in [4.69, 9.17) is 4.74 Å². The van der Waals surface area contributed by atoms with Crippen molar-refractivity contribution in [1.82, 2.24) is 14.8 Å². The van der Waals surface area contributed by atoms with Gasteiger partial charge in [-0.1, -0.05) is 22.9 Å². The van der Waals surface area contributed by atoms with Crippen molar-refractivity contribution in [3.8, 4) is 0 Å². The van der Waals surface area contributed by atoms with Gasteiger partial charge in [0.15, 0.2) is 5.82 Å². The molecule has 0 spiro atoms. The summed E-state index contributed by atoms with van der Waals surface area (Å²) in [6, 6.07) is 0. The molecule has 0 fully saturated rings. The van der Waals surface area contributed by atoms with Gasteiger partial charge in [0, 0.05) is 13.7 Å². The highest BCUT2D eigenvalue weighted by Crippen LogP contribution is 2.08. The maximum atomic E-state index is 5.03. The number of methoxy groups -OCH3 is 1. The van der Waals surface area contributed by atoms with E-state index in [0.717, 1.165) is 29.9 Å². The van der Waals surface area contributed by atoms with Gasteiger partial charge >= 0.3 is 0 Å². The van der Waals surface area contributed by atoms with Gasteiger partial charge in [-0.3, -0.25) is 0 Å². The molecule has 5 heteroatoms. The second kappa shape index (κ2) is 5.34. The number of hydrogen-bond acceptors (Lipinski definition) is 3. The molecule has 13 heavy (non-hydrogen) atoms. The molecule has 0 amide bonds. The van der Waals surface area contributed by atoms with Gasteiger partial charge in [0.1, 0.15) is 12.4 Å². The Morgan fingerprint density at radius 1 is 1.38 bits per heavy atom. The van der Waals surface area contributed by atoms with E-state index in [9.17, 15) is 0 Å². The van der Waals surface area contributed by atoms with Crippen molar-refractivity contribution >= 4 is 15.9 Å². The fourth-order valence-corrected chi connectivity index (χ4v) is 1.60. The summed E-state index contributed by atoms with van der Waals surface area (Å²) in [5, 5.41) is 8.85. The van der Waals surface area contributed by atoms with Gasteiger partial charge in [-0.05, 0) is 6.42 Å². The van der Waals surface area contributed by atoms with E-state index in [1.54, 1.807) is 7.11 Å². The lowest BCUT2D eigenvalue weighted by atomic mass is 10.4. The third kappa shape index (κ3) is 2.51. The lowest BCUT2D eigenvalue weighted by Gasteiger charge is -2.06. The highest BCUT2D eigenvalue weighted by atomic mass is 79.9. The van der Waals surface area contributed by atoms with E-state index in [-0.39, 0.29) is 0 Å². The Kier molecular flexibility index (Phi) is 4.38. The van der Waals surface area contributed by atoms with Crippen LogP contribution in [0, 0.1) is 0 Å². The Morgan fingerprint density at radius 2 is 2.08 bits per heavy atom. The van der Waals surface area contributed by atoms with Crippen LogP contribution in [0.3, 0.4) is 0 Å². The van der Waals surface area contributed by atoms with Gasteiger partial charge in [0.25, 0.3) is 0 Å².